The fourth-order valence-electron chi connectivity index (χ4n) is 3.04. The molecule has 154 valence electrons. The average molecular weight is 398 g/mol. The zero-order valence-electron chi connectivity index (χ0n) is 17.1. The van der Waals surface area contributed by atoms with Crippen LogP contribution < -0.4 is 14.2 Å². The van der Waals surface area contributed by atoms with Crippen LogP contribution in [0.15, 0.2) is 36.4 Å². The van der Waals surface area contributed by atoms with Gasteiger partial charge >= 0.3 is 5.97 Å². The van der Waals surface area contributed by atoms with Crippen LogP contribution in [0, 0.1) is 0 Å². The Bertz CT molecular complexity index is 921. The van der Waals surface area contributed by atoms with Crippen molar-refractivity contribution in [2.75, 3.05) is 21.3 Å². The van der Waals surface area contributed by atoms with Crippen LogP contribution >= 0.6 is 0 Å². The molecule has 2 rings (SSSR count). The third kappa shape index (κ3) is 4.90. The molecule has 0 amide bonds. The first-order chi connectivity index (χ1) is 13.8. The molecular formula is C23H26O6. The van der Waals surface area contributed by atoms with Crippen LogP contribution in [0.25, 0.3) is 12.2 Å². The van der Waals surface area contributed by atoms with Gasteiger partial charge in [-0.1, -0.05) is 17.7 Å². The van der Waals surface area contributed by atoms with Crippen LogP contribution in [0.2, 0.25) is 0 Å². The topological polar surface area (TPSA) is 85.2 Å². The van der Waals surface area contributed by atoms with E-state index < -0.39 is 5.97 Å². The summed E-state index contributed by atoms with van der Waals surface area (Å²) in [6.07, 6.45) is 4.31. The van der Waals surface area contributed by atoms with Gasteiger partial charge in [0.2, 0.25) is 0 Å². The zero-order valence-corrected chi connectivity index (χ0v) is 17.1. The number of hydrogen-bond acceptors (Lipinski definition) is 5. The van der Waals surface area contributed by atoms with Crippen LogP contribution in [0.5, 0.6) is 23.0 Å². The highest BCUT2D eigenvalue weighted by Crippen LogP contribution is 2.37. The number of carboxylic acid groups (broad SMARTS) is 1. The molecule has 29 heavy (non-hydrogen) atoms. The third-order valence-electron chi connectivity index (χ3n) is 4.53. The summed E-state index contributed by atoms with van der Waals surface area (Å²) in [7, 11) is 4.57. The quantitative estimate of drug-likeness (QED) is 0.466. The molecule has 6 nitrogen and oxygen atoms in total. The van der Waals surface area contributed by atoms with Crippen molar-refractivity contribution in [2.45, 2.75) is 19.8 Å². The largest absolute Gasteiger partial charge is 0.507 e. The van der Waals surface area contributed by atoms with E-state index >= 15 is 0 Å². The van der Waals surface area contributed by atoms with E-state index in [9.17, 15) is 15.0 Å². The number of allylic oxidation sites excluding steroid dienone is 1. The first-order valence-electron chi connectivity index (χ1n) is 9.03. The number of benzene rings is 2. The highest BCUT2D eigenvalue weighted by Gasteiger charge is 2.22. The number of ether oxygens (including phenoxy) is 3. The smallest absolute Gasteiger partial charge is 0.340 e. The van der Waals surface area contributed by atoms with E-state index in [0.29, 0.717) is 46.8 Å². The maximum atomic E-state index is 11.9. The molecule has 2 aromatic carbocycles. The first kappa shape index (κ1) is 21.9. The standard InChI is InChI=1S/C23H26O6/c1-14(2)9-11-17-20(29-5)13-15(21(22(17)24)23(25)26)10-12-16-18(27-3)7-6-8-19(16)28-4/h6-8,10,12-13,24H,1,9,11H2,2-5H3,(H,25,26)/b12-10+. The molecule has 0 unspecified atom stereocenters. The van der Waals surface area contributed by atoms with Gasteiger partial charge in [0.1, 0.15) is 28.6 Å². The van der Waals surface area contributed by atoms with Crippen LogP contribution in [-0.4, -0.2) is 37.5 Å². The van der Waals surface area contributed by atoms with Gasteiger partial charge < -0.3 is 24.4 Å². The second-order valence-corrected chi connectivity index (χ2v) is 6.54. The molecule has 0 radical (unpaired) electrons. The Balaban J connectivity index is 2.62. The lowest BCUT2D eigenvalue weighted by molar-refractivity contribution is 0.0693. The van der Waals surface area contributed by atoms with Crippen molar-refractivity contribution < 1.29 is 29.2 Å². The molecule has 2 N–H and O–H groups in total. The second-order valence-electron chi connectivity index (χ2n) is 6.54. The summed E-state index contributed by atoms with van der Waals surface area (Å²) in [4.78, 5) is 11.9. The average Bonchev–Trinajstić information content (AvgIpc) is 2.69. The normalized spacial score (nSPS) is 10.8. The first-order valence-corrected chi connectivity index (χ1v) is 9.03. The number of phenols is 1. The molecule has 0 atom stereocenters. The molecule has 0 aliphatic carbocycles. The van der Waals surface area contributed by atoms with Gasteiger partial charge in [0.05, 0.1) is 26.9 Å². The summed E-state index contributed by atoms with van der Waals surface area (Å²) in [6, 6.07) is 6.95. The minimum absolute atomic E-state index is 0.187. The lowest BCUT2D eigenvalue weighted by Gasteiger charge is -2.15. The van der Waals surface area contributed by atoms with E-state index in [0.717, 1.165) is 5.57 Å². The number of rotatable bonds is 9. The molecular weight excluding hydrogens is 372 g/mol. The summed E-state index contributed by atoms with van der Waals surface area (Å²) >= 11 is 0. The molecule has 6 heteroatoms. The number of aromatic hydroxyl groups is 1. The SMILES string of the molecule is C=C(C)CCc1c(OC)cc(/C=C/c2c(OC)cccc2OC)c(C(=O)O)c1O. The molecule has 0 aromatic heterocycles. The second kappa shape index (κ2) is 9.68. The third-order valence-corrected chi connectivity index (χ3v) is 4.53. The number of aromatic carboxylic acids is 1. The molecule has 0 spiro atoms. The monoisotopic (exact) mass is 398 g/mol. The van der Waals surface area contributed by atoms with Gasteiger partial charge in [-0.25, -0.2) is 4.79 Å². The Labute approximate surface area is 170 Å². The fraction of sp³-hybridized carbons (Fsp3) is 0.261. The summed E-state index contributed by atoms with van der Waals surface area (Å²) in [5, 5.41) is 20.4. The summed E-state index contributed by atoms with van der Waals surface area (Å²) in [6.45, 7) is 5.73. The Morgan fingerprint density at radius 1 is 1.07 bits per heavy atom. The van der Waals surface area contributed by atoms with Crippen molar-refractivity contribution in [1.29, 1.82) is 0 Å². The minimum Gasteiger partial charge on any atom is -0.507 e. The van der Waals surface area contributed by atoms with Crippen molar-refractivity contribution in [2.24, 2.45) is 0 Å². The van der Waals surface area contributed by atoms with Crippen LogP contribution in [0.1, 0.15) is 40.4 Å². The van der Waals surface area contributed by atoms with E-state index in [-0.39, 0.29) is 11.3 Å². The predicted octanol–water partition coefficient (Wildman–Crippen LogP) is 4.80. The van der Waals surface area contributed by atoms with Gasteiger partial charge in [-0.2, -0.15) is 0 Å². The molecule has 0 aliphatic heterocycles. The van der Waals surface area contributed by atoms with Gasteiger partial charge in [-0.3, -0.25) is 0 Å². The van der Waals surface area contributed by atoms with E-state index in [4.69, 9.17) is 14.2 Å². The highest BCUT2D eigenvalue weighted by atomic mass is 16.5. The zero-order chi connectivity index (χ0) is 21.6. The van der Waals surface area contributed by atoms with E-state index in [1.54, 1.807) is 50.6 Å². The Hall–Kier alpha value is -3.41. The fourth-order valence-corrected chi connectivity index (χ4v) is 3.04. The van der Waals surface area contributed by atoms with Crippen molar-refractivity contribution in [3.05, 3.63) is 58.7 Å². The Morgan fingerprint density at radius 3 is 2.14 bits per heavy atom. The number of carboxylic acids is 1. The lowest BCUT2D eigenvalue weighted by atomic mass is 9.96. The van der Waals surface area contributed by atoms with Crippen molar-refractivity contribution in [3.8, 4) is 23.0 Å². The van der Waals surface area contributed by atoms with Gasteiger partial charge in [0.15, 0.2) is 0 Å². The number of carbonyl (C=O) groups is 1. The molecule has 0 saturated carbocycles. The lowest BCUT2D eigenvalue weighted by Crippen LogP contribution is -2.05. The Morgan fingerprint density at radius 2 is 1.66 bits per heavy atom. The van der Waals surface area contributed by atoms with E-state index in [1.165, 1.54) is 7.11 Å². The van der Waals surface area contributed by atoms with Crippen molar-refractivity contribution in [1.82, 2.24) is 0 Å². The summed E-state index contributed by atoms with van der Waals surface area (Å²) < 4.78 is 16.1. The predicted molar refractivity (Wildman–Crippen MR) is 113 cm³/mol. The van der Waals surface area contributed by atoms with Crippen molar-refractivity contribution in [3.63, 3.8) is 0 Å². The summed E-state index contributed by atoms with van der Waals surface area (Å²) in [5.41, 5.74) is 2.14. The van der Waals surface area contributed by atoms with Crippen LogP contribution in [0.3, 0.4) is 0 Å². The maximum Gasteiger partial charge on any atom is 0.340 e. The van der Waals surface area contributed by atoms with Gasteiger partial charge in [0, 0.05) is 5.56 Å². The van der Waals surface area contributed by atoms with Crippen molar-refractivity contribution >= 4 is 18.1 Å². The maximum absolute atomic E-state index is 11.9. The van der Waals surface area contributed by atoms with Gasteiger partial charge in [0.25, 0.3) is 0 Å². The molecule has 0 heterocycles. The summed E-state index contributed by atoms with van der Waals surface area (Å²) in [5.74, 6) is 0.0389. The number of hydrogen-bond donors (Lipinski definition) is 2. The Kier molecular flexibility index (Phi) is 7.31. The highest BCUT2D eigenvalue weighted by molar-refractivity contribution is 5.97. The molecule has 2 aromatic rings. The van der Waals surface area contributed by atoms with E-state index in [2.05, 4.69) is 6.58 Å². The molecule has 0 aliphatic rings. The van der Waals surface area contributed by atoms with E-state index in [1.807, 2.05) is 6.92 Å². The molecule has 0 saturated heterocycles. The van der Waals surface area contributed by atoms with Crippen LogP contribution in [-0.2, 0) is 6.42 Å². The van der Waals surface area contributed by atoms with Gasteiger partial charge in [-0.15, -0.1) is 6.58 Å². The number of methoxy groups -OCH3 is 3. The van der Waals surface area contributed by atoms with Crippen LogP contribution in [0.4, 0.5) is 0 Å². The van der Waals surface area contributed by atoms with Gasteiger partial charge in [-0.05, 0) is 49.6 Å². The molecule has 0 fully saturated rings. The minimum atomic E-state index is -1.23. The molecule has 0 bridgehead atoms.